The smallest absolute Gasteiger partial charge is 0.234 e. The Labute approximate surface area is 131 Å². The van der Waals surface area contributed by atoms with E-state index in [1.165, 1.54) is 0 Å². The molecule has 1 fully saturated rings. The van der Waals surface area contributed by atoms with Gasteiger partial charge in [0.25, 0.3) is 0 Å². The molecule has 0 aromatic carbocycles. The van der Waals surface area contributed by atoms with Gasteiger partial charge in [-0.3, -0.25) is 9.69 Å². The van der Waals surface area contributed by atoms with Crippen LogP contribution in [0, 0.1) is 11.3 Å². The number of hydrogen-bond donors (Lipinski definition) is 2. The summed E-state index contributed by atoms with van der Waals surface area (Å²) in [5.41, 5.74) is 0.613. The second-order valence-corrected chi connectivity index (χ2v) is 5.59. The van der Waals surface area contributed by atoms with Crippen LogP contribution in [0.3, 0.4) is 0 Å². The van der Waals surface area contributed by atoms with E-state index in [4.69, 9.17) is 5.26 Å². The van der Waals surface area contributed by atoms with Gasteiger partial charge in [0.05, 0.1) is 18.2 Å². The van der Waals surface area contributed by atoms with Gasteiger partial charge in [0.15, 0.2) is 0 Å². The number of rotatable bonds is 6. The molecule has 0 unspecified atom stereocenters. The molecule has 0 bridgehead atoms. The number of carbonyl (C=O) groups excluding carboxylic acids is 1. The van der Waals surface area contributed by atoms with Gasteiger partial charge in [0, 0.05) is 31.9 Å². The van der Waals surface area contributed by atoms with Gasteiger partial charge < -0.3 is 10.6 Å². The van der Waals surface area contributed by atoms with Crippen molar-refractivity contribution in [3.05, 3.63) is 23.9 Å². The molecule has 2 rings (SSSR count). The third kappa shape index (κ3) is 5.01. The summed E-state index contributed by atoms with van der Waals surface area (Å²) in [6, 6.07) is 5.93. The fourth-order valence-corrected chi connectivity index (χ4v) is 2.55. The predicted molar refractivity (Wildman–Crippen MR) is 85.3 cm³/mol. The highest BCUT2D eigenvalue weighted by Crippen LogP contribution is 2.15. The van der Waals surface area contributed by atoms with Gasteiger partial charge in [-0.25, -0.2) is 4.98 Å². The van der Waals surface area contributed by atoms with Crippen LogP contribution in [0.5, 0.6) is 0 Å². The van der Waals surface area contributed by atoms with Gasteiger partial charge >= 0.3 is 0 Å². The first kappa shape index (κ1) is 16.2. The van der Waals surface area contributed by atoms with E-state index >= 15 is 0 Å². The maximum Gasteiger partial charge on any atom is 0.234 e. The lowest BCUT2D eigenvalue weighted by molar-refractivity contribution is -0.122. The van der Waals surface area contributed by atoms with Crippen LogP contribution in [0.2, 0.25) is 0 Å². The maximum absolute atomic E-state index is 11.7. The topological polar surface area (TPSA) is 81.0 Å². The minimum Gasteiger partial charge on any atom is -0.367 e. The van der Waals surface area contributed by atoms with Gasteiger partial charge in [-0.05, 0) is 31.4 Å². The van der Waals surface area contributed by atoms with E-state index < -0.39 is 0 Å². The number of amides is 1. The Morgan fingerprint density at radius 2 is 2.27 bits per heavy atom. The molecule has 0 saturated carbocycles. The van der Waals surface area contributed by atoms with E-state index in [-0.39, 0.29) is 5.91 Å². The number of hydrogen-bond acceptors (Lipinski definition) is 5. The molecule has 1 saturated heterocycles. The van der Waals surface area contributed by atoms with E-state index in [2.05, 4.69) is 26.6 Å². The molecule has 6 nitrogen and oxygen atoms in total. The molecule has 1 aliphatic heterocycles. The van der Waals surface area contributed by atoms with Crippen molar-refractivity contribution in [2.75, 3.05) is 31.5 Å². The molecule has 118 valence electrons. The van der Waals surface area contributed by atoms with Gasteiger partial charge in [0.1, 0.15) is 5.82 Å². The zero-order valence-corrected chi connectivity index (χ0v) is 13.0. The van der Waals surface area contributed by atoms with Crippen molar-refractivity contribution in [2.24, 2.45) is 0 Å². The zero-order chi connectivity index (χ0) is 15.8. The lowest BCUT2D eigenvalue weighted by Gasteiger charge is -2.32. The molecule has 1 amide bonds. The molecule has 1 aliphatic rings. The number of anilines is 1. The Morgan fingerprint density at radius 3 is 2.95 bits per heavy atom. The number of aromatic nitrogens is 1. The highest BCUT2D eigenvalue weighted by atomic mass is 16.2. The Morgan fingerprint density at radius 1 is 1.50 bits per heavy atom. The standard InChI is InChI=1S/C16H23N5O/c1-2-6-19-16(22)12-21-8-4-14(5-9-21)20-15-10-13(11-17)3-7-18-15/h3,7,10,14H,2,4-6,8-9,12H2,1H3,(H,18,20)(H,19,22). The van der Waals surface area contributed by atoms with Crippen molar-refractivity contribution >= 4 is 11.7 Å². The summed E-state index contributed by atoms with van der Waals surface area (Å²) >= 11 is 0. The quantitative estimate of drug-likeness (QED) is 0.829. The lowest BCUT2D eigenvalue weighted by Crippen LogP contribution is -2.44. The van der Waals surface area contributed by atoms with E-state index in [1.807, 2.05) is 6.92 Å². The molecule has 2 N–H and O–H groups in total. The average molecular weight is 301 g/mol. The molecule has 0 aliphatic carbocycles. The van der Waals surface area contributed by atoms with Crippen LogP contribution in [0.25, 0.3) is 0 Å². The number of nitrogens with one attached hydrogen (secondary N) is 2. The van der Waals surface area contributed by atoms with Crippen LogP contribution >= 0.6 is 0 Å². The minimum atomic E-state index is 0.108. The van der Waals surface area contributed by atoms with E-state index in [1.54, 1.807) is 18.3 Å². The van der Waals surface area contributed by atoms with E-state index in [9.17, 15) is 4.79 Å². The highest BCUT2D eigenvalue weighted by Gasteiger charge is 2.20. The maximum atomic E-state index is 11.7. The number of nitriles is 1. The first-order chi connectivity index (χ1) is 10.7. The van der Waals surface area contributed by atoms with Crippen LogP contribution < -0.4 is 10.6 Å². The fourth-order valence-electron chi connectivity index (χ4n) is 2.55. The van der Waals surface area contributed by atoms with Gasteiger partial charge in [0.2, 0.25) is 5.91 Å². The molecular formula is C16H23N5O. The van der Waals surface area contributed by atoms with Gasteiger partial charge in [-0.2, -0.15) is 5.26 Å². The number of likely N-dealkylation sites (tertiary alicyclic amines) is 1. The number of piperidine rings is 1. The Balaban J connectivity index is 1.75. The van der Waals surface area contributed by atoms with Crippen LogP contribution in [0.4, 0.5) is 5.82 Å². The van der Waals surface area contributed by atoms with Crippen molar-refractivity contribution in [3.63, 3.8) is 0 Å². The fraction of sp³-hybridized carbons (Fsp3) is 0.562. The molecule has 0 atom stereocenters. The minimum absolute atomic E-state index is 0.108. The molecule has 22 heavy (non-hydrogen) atoms. The van der Waals surface area contributed by atoms with E-state index in [0.717, 1.165) is 44.7 Å². The molecule has 0 radical (unpaired) electrons. The number of pyridine rings is 1. The zero-order valence-electron chi connectivity index (χ0n) is 13.0. The van der Waals surface area contributed by atoms with Crippen LogP contribution in [-0.2, 0) is 4.79 Å². The third-order valence-corrected chi connectivity index (χ3v) is 3.77. The van der Waals surface area contributed by atoms with Crippen LogP contribution in [0.15, 0.2) is 18.3 Å². The normalized spacial score (nSPS) is 16.0. The molecule has 6 heteroatoms. The molecule has 0 spiro atoms. The second kappa shape index (κ2) is 8.35. The highest BCUT2D eigenvalue weighted by molar-refractivity contribution is 5.77. The number of nitrogens with zero attached hydrogens (tertiary/aromatic N) is 3. The number of carbonyl (C=O) groups is 1. The van der Waals surface area contributed by atoms with Crippen molar-refractivity contribution in [2.45, 2.75) is 32.2 Å². The predicted octanol–water partition coefficient (Wildman–Crippen LogP) is 1.36. The summed E-state index contributed by atoms with van der Waals surface area (Å²) in [6.07, 6.45) is 4.56. The summed E-state index contributed by atoms with van der Waals surface area (Å²) in [5.74, 6) is 0.856. The summed E-state index contributed by atoms with van der Waals surface area (Å²) < 4.78 is 0. The molecule has 1 aromatic rings. The van der Waals surface area contributed by atoms with Crippen molar-refractivity contribution < 1.29 is 4.79 Å². The van der Waals surface area contributed by atoms with Crippen molar-refractivity contribution in [1.29, 1.82) is 5.26 Å². The Hall–Kier alpha value is -2.13. The van der Waals surface area contributed by atoms with Gasteiger partial charge in [-0.1, -0.05) is 6.92 Å². The largest absolute Gasteiger partial charge is 0.367 e. The first-order valence-electron chi connectivity index (χ1n) is 7.83. The Kier molecular flexibility index (Phi) is 6.16. The van der Waals surface area contributed by atoms with E-state index in [0.29, 0.717) is 18.2 Å². The van der Waals surface area contributed by atoms with Gasteiger partial charge in [-0.15, -0.1) is 0 Å². The lowest BCUT2D eigenvalue weighted by atomic mass is 10.0. The first-order valence-corrected chi connectivity index (χ1v) is 7.83. The average Bonchev–Trinajstić information content (AvgIpc) is 2.55. The summed E-state index contributed by atoms with van der Waals surface area (Å²) in [6.45, 7) is 5.07. The van der Waals surface area contributed by atoms with Crippen LogP contribution in [0.1, 0.15) is 31.7 Å². The second-order valence-electron chi connectivity index (χ2n) is 5.59. The Bertz CT molecular complexity index is 532. The molecule has 2 heterocycles. The summed E-state index contributed by atoms with van der Waals surface area (Å²) in [5, 5.41) is 15.2. The SMILES string of the molecule is CCCNC(=O)CN1CCC(Nc2cc(C#N)ccn2)CC1. The van der Waals surface area contributed by atoms with Crippen molar-refractivity contribution in [1.82, 2.24) is 15.2 Å². The monoisotopic (exact) mass is 301 g/mol. The molecular weight excluding hydrogens is 278 g/mol. The molecule has 1 aromatic heterocycles. The van der Waals surface area contributed by atoms with Crippen LogP contribution in [-0.4, -0.2) is 48.0 Å². The van der Waals surface area contributed by atoms with Crippen molar-refractivity contribution in [3.8, 4) is 6.07 Å². The summed E-state index contributed by atoms with van der Waals surface area (Å²) in [7, 11) is 0. The third-order valence-electron chi connectivity index (χ3n) is 3.77. The summed E-state index contributed by atoms with van der Waals surface area (Å²) in [4.78, 5) is 18.1.